The van der Waals surface area contributed by atoms with Crippen molar-refractivity contribution in [3.63, 3.8) is 0 Å². The summed E-state index contributed by atoms with van der Waals surface area (Å²) in [5, 5.41) is 8.97. The predicted octanol–water partition coefficient (Wildman–Crippen LogP) is 3.29. The van der Waals surface area contributed by atoms with Crippen molar-refractivity contribution in [1.82, 2.24) is 0 Å². The molecular formula is C15H23NO2. The molecule has 2 aliphatic rings. The minimum atomic E-state index is -0.0593. The van der Waals surface area contributed by atoms with Crippen LogP contribution in [0.15, 0.2) is 0 Å². The predicted molar refractivity (Wildman–Crippen MR) is 68.5 cm³/mol. The van der Waals surface area contributed by atoms with Crippen molar-refractivity contribution in [2.75, 3.05) is 0 Å². The molecule has 4 unspecified atom stereocenters. The average molecular weight is 249 g/mol. The third-order valence-corrected chi connectivity index (χ3v) is 4.32. The molecule has 2 rings (SSSR count). The Kier molecular flexibility index (Phi) is 3.66. The lowest BCUT2D eigenvalue weighted by atomic mass is 9.88. The monoisotopic (exact) mass is 249 g/mol. The van der Waals surface area contributed by atoms with Gasteiger partial charge in [0.2, 0.25) is 0 Å². The molecule has 100 valence electrons. The number of fused-ring (bicyclic) bond motifs is 2. The van der Waals surface area contributed by atoms with Crippen molar-refractivity contribution in [2.24, 2.45) is 23.2 Å². The Morgan fingerprint density at radius 2 is 2.00 bits per heavy atom. The van der Waals surface area contributed by atoms with Gasteiger partial charge in [0, 0.05) is 12.3 Å². The number of hydrogen-bond acceptors (Lipinski definition) is 3. The summed E-state index contributed by atoms with van der Waals surface area (Å²) >= 11 is 0. The van der Waals surface area contributed by atoms with Crippen molar-refractivity contribution >= 4 is 5.97 Å². The Labute approximate surface area is 110 Å². The quantitative estimate of drug-likeness (QED) is 0.721. The van der Waals surface area contributed by atoms with Crippen LogP contribution in [0.4, 0.5) is 0 Å². The molecule has 0 saturated heterocycles. The number of nitrogens with zero attached hydrogens (tertiary/aromatic N) is 1. The van der Waals surface area contributed by atoms with Crippen LogP contribution in [0.2, 0.25) is 0 Å². The zero-order valence-corrected chi connectivity index (χ0v) is 11.6. The van der Waals surface area contributed by atoms with E-state index in [4.69, 9.17) is 10.00 Å². The first-order valence-corrected chi connectivity index (χ1v) is 6.98. The van der Waals surface area contributed by atoms with E-state index in [-0.39, 0.29) is 23.4 Å². The van der Waals surface area contributed by atoms with Crippen LogP contribution in [0.3, 0.4) is 0 Å². The van der Waals surface area contributed by atoms with Gasteiger partial charge in [-0.2, -0.15) is 5.26 Å². The molecule has 0 amide bonds. The highest BCUT2D eigenvalue weighted by Gasteiger charge is 2.47. The van der Waals surface area contributed by atoms with E-state index in [0.717, 1.165) is 25.7 Å². The third kappa shape index (κ3) is 3.04. The maximum absolute atomic E-state index is 11.8. The summed E-state index contributed by atoms with van der Waals surface area (Å²) in [5.41, 5.74) is 0.180. The van der Waals surface area contributed by atoms with E-state index >= 15 is 0 Å². The number of hydrogen-bond donors (Lipinski definition) is 0. The van der Waals surface area contributed by atoms with E-state index in [2.05, 4.69) is 26.8 Å². The summed E-state index contributed by atoms with van der Waals surface area (Å²) in [6.45, 7) is 6.40. The molecule has 18 heavy (non-hydrogen) atoms. The highest BCUT2D eigenvalue weighted by Crippen LogP contribution is 2.49. The lowest BCUT2D eigenvalue weighted by molar-refractivity contribution is -0.152. The van der Waals surface area contributed by atoms with E-state index in [9.17, 15) is 4.79 Å². The Morgan fingerprint density at radius 3 is 2.50 bits per heavy atom. The van der Waals surface area contributed by atoms with Crippen molar-refractivity contribution < 1.29 is 9.53 Å². The first-order valence-electron chi connectivity index (χ1n) is 6.98. The molecule has 0 aromatic heterocycles. The fourth-order valence-electron chi connectivity index (χ4n) is 3.23. The smallest absolute Gasteiger partial charge is 0.306 e. The largest absolute Gasteiger partial charge is 0.462 e. The zero-order valence-electron chi connectivity index (χ0n) is 11.6. The van der Waals surface area contributed by atoms with Crippen molar-refractivity contribution in [3.05, 3.63) is 0 Å². The van der Waals surface area contributed by atoms with Crippen LogP contribution in [0.1, 0.15) is 52.9 Å². The second kappa shape index (κ2) is 4.91. The first-order chi connectivity index (χ1) is 8.39. The van der Waals surface area contributed by atoms with Gasteiger partial charge in [-0.15, -0.1) is 0 Å². The minimum absolute atomic E-state index is 0.0593. The summed E-state index contributed by atoms with van der Waals surface area (Å²) in [6.07, 6.45) is 4.39. The summed E-state index contributed by atoms with van der Waals surface area (Å²) in [4.78, 5) is 11.8. The molecule has 2 saturated carbocycles. The van der Waals surface area contributed by atoms with Crippen LogP contribution < -0.4 is 0 Å². The molecule has 0 aromatic carbocycles. The molecule has 0 radical (unpaired) electrons. The SMILES string of the molecule is CC(C)(C)CCC(=O)OC1CC2CC1CC2C#N. The van der Waals surface area contributed by atoms with Gasteiger partial charge < -0.3 is 4.74 Å². The van der Waals surface area contributed by atoms with E-state index in [0.29, 0.717) is 18.3 Å². The molecule has 3 nitrogen and oxygen atoms in total. The molecule has 0 N–H and O–H groups in total. The van der Waals surface area contributed by atoms with Crippen molar-refractivity contribution in [2.45, 2.75) is 59.0 Å². The third-order valence-electron chi connectivity index (χ3n) is 4.32. The van der Waals surface area contributed by atoms with E-state index in [1.807, 2.05) is 0 Å². The van der Waals surface area contributed by atoms with Gasteiger partial charge in [0.05, 0.1) is 6.07 Å². The molecule has 2 bridgehead atoms. The molecular weight excluding hydrogens is 226 g/mol. The second-order valence-electron chi connectivity index (χ2n) is 7.05. The molecule has 2 aliphatic carbocycles. The Morgan fingerprint density at radius 1 is 1.28 bits per heavy atom. The van der Waals surface area contributed by atoms with Gasteiger partial charge in [-0.1, -0.05) is 20.8 Å². The van der Waals surface area contributed by atoms with Gasteiger partial charge in [0.1, 0.15) is 6.10 Å². The fourth-order valence-corrected chi connectivity index (χ4v) is 3.23. The van der Waals surface area contributed by atoms with Crippen LogP contribution in [-0.2, 0) is 9.53 Å². The second-order valence-corrected chi connectivity index (χ2v) is 7.05. The standard InChI is InChI=1S/C15H23NO2/c1-15(2,3)5-4-14(17)18-13-8-10-6-11(13)7-12(10)9-16/h10-13H,4-8H2,1-3H3. The highest BCUT2D eigenvalue weighted by molar-refractivity contribution is 5.69. The maximum Gasteiger partial charge on any atom is 0.306 e. The molecule has 0 aromatic rings. The van der Waals surface area contributed by atoms with E-state index < -0.39 is 0 Å². The molecule has 2 fully saturated rings. The van der Waals surface area contributed by atoms with Crippen LogP contribution in [-0.4, -0.2) is 12.1 Å². The number of esters is 1. The number of carbonyl (C=O) groups is 1. The fraction of sp³-hybridized carbons (Fsp3) is 0.867. The summed E-state index contributed by atoms with van der Waals surface area (Å²) in [6, 6.07) is 2.37. The van der Waals surface area contributed by atoms with Gasteiger partial charge in [0.25, 0.3) is 0 Å². The molecule has 3 heteroatoms. The minimum Gasteiger partial charge on any atom is -0.462 e. The normalized spacial score (nSPS) is 34.3. The number of nitriles is 1. The average Bonchev–Trinajstić information content (AvgIpc) is 2.84. The van der Waals surface area contributed by atoms with Crippen LogP contribution in [0.25, 0.3) is 0 Å². The zero-order chi connectivity index (χ0) is 13.3. The highest BCUT2D eigenvalue weighted by atomic mass is 16.5. The molecule has 4 atom stereocenters. The Hall–Kier alpha value is -1.04. The van der Waals surface area contributed by atoms with Gasteiger partial charge >= 0.3 is 5.97 Å². The van der Waals surface area contributed by atoms with Crippen molar-refractivity contribution in [1.29, 1.82) is 5.26 Å². The summed E-state index contributed by atoms with van der Waals surface area (Å²) < 4.78 is 5.59. The maximum atomic E-state index is 11.8. The van der Waals surface area contributed by atoms with Gasteiger partial charge in [0.15, 0.2) is 0 Å². The lowest BCUT2D eigenvalue weighted by Crippen LogP contribution is -2.27. The van der Waals surface area contributed by atoms with Gasteiger partial charge in [-0.25, -0.2) is 0 Å². The van der Waals surface area contributed by atoms with Gasteiger partial charge in [-0.05, 0) is 42.9 Å². The topological polar surface area (TPSA) is 50.1 Å². The van der Waals surface area contributed by atoms with Gasteiger partial charge in [-0.3, -0.25) is 4.79 Å². The lowest BCUT2D eigenvalue weighted by Gasteiger charge is -2.25. The Bertz CT molecular complexity index is 364. The van der Waals surface area contributed by atoms with E-state index in [1.165, 1.54) is 0 Å². The Balaban J connectivity index is 1.76. The summed E-state index contributed by atoms with van der Waals surface area (Å²) in [5.74, 6) is 1.06. The van der Waals surface area contributed by atoms with Crippen LogP contribution in [0.5, 0.6) is 0 Å². The molecule has 0 heterocycles. The van der Waals surface area contributed by atoms with Crippen LogP contribution in [0, 0.1) is 34.5 Å². The molecule has 0 aliphatic heterocycles. The van der Waals surface area contributed by atoms with E-state index in [1.54, 1.807) is 0 Å². The number of rotatable bonds is 3. The number of carbonyl (C=O) groups excluding carboxylic acids is 1. The van der Waals surface area contributed by atoms with Crippen molar-refractivity contribution in [3.8, 4) is 6.07 Å². The molecule has 0 spiro atoms. The van der Waals surface area contributed by atoms with Crippen LogP contribution >= 0.6 is 0 Å². The first kappa shape index (κ1) is 13.4. The number of ether oxygens (including phenoxy) is 1. The summed E-state index contributed by atoms with van der Waals surface area (Å²) in [7, 11) is 0.